The zero-order valence-electron chi connectivity index (χ0n) is 13.2. The molecule has 4 rings (SSSR count). The fraction of sp³-hybridized carbons (Fsp3) is 0.118. The molecule has 1 aliphatic heterocycles. The summed E-state index contributed by atoms with van der Waals surface area (Å²) in [6.07, 6.45) is 0. The zero-order valence-corrected chi connectivity index (χ0v) is 14.8. The minimum Gasteiger partial charge on any atom is -0.588 e. The summed E-state index contributed by atoms with van der Waals surface area (Å²) in [5.41, 5.74) is 0.999. The summed E-state index contributed by atoms with van der Waals surface area (Å²) >= 11 is 4.53. The van der Waals surface area contributed by atoms with Gasteiger partial charge in [0.15, 0.2) is 4.90 Å². The van der Waals surface area contributed by atoms with Crippen molar-refractivity contribution in [1.29, 1.82) is 0 Å². The first-order valence-corrected chi connectivity index (χ1v) is 9.02. The van der Waals surface area contributed by atoms with E-state index >= 15 is 0 Å². The summed E-state index contributed by atoms with van der Waals surface area (Å²) in [6, 6.07) is 14.6. The molecule has 2 aromatic carbocycles. The topological polar surface area (TPSA) is 74.2 Å². The van der Waals surface area contributed by atoms with E-state index in [1.807, 2.05) is 24.3 Å². The van der Waals surface area contributed by atoms with Crippen LogP contribution in [0.15, 0.2) is 53.4 Å². The molecule has 126 valence electrons. The maximum atomic E-state index is 12.7. The van der Waals surface area contributed by atoms with Crippen LogP contribution in [0.2, 0.25) is 5.02 Å². The molecule has 0 spiro atoms. The number of hydrogen-bond acceptors (Lipinski definition) is 6. The molecular weight excluding hydrogens is 360 g/mol. The van der Waals surface area contributed by atoms with Gasteiger partial charge in [0.2, 0.25) is 0 Å². The molecule has 1 unspecified atom stereocenters. The second-order valence-corrected chi connectivity index (χ2v) is 7.23. The molecule has 0 saturated carbocycles. The number of rotatable bonds is 3. The van der Waals surface area contributed by atoms with Crippen LogP contribution in [-0.4, -0.2) is 19.5 Å². The van der Waals surface area contributed by atoms with Crippen molar-refractivity contribution in [1.82, 2.24) is 15.0 Å². The van der Waals surface area contributed by atoms with E-state index in [-0.39, 0.29) is 6.01 Å². The molecule has 2 heterocycles. The number of hydrogen-bond donors (Lipinski definition) is 0. The molecule has 0 bridgehead atoms. The summed E-state index contributed by atoms with van der Waals surface area (Å²) in [6.45, 7) is 2.22. The third kappa shape index (κ3) is 3.26. The first-order chi connectivity index (χ1) is 12.1. The van der Waals surface area contributed by atoms with Crippen molar-refractivity contribution in [2.24, 2.45) is 0 Å². The Morgan fingerprint density at radius 1 is 1.08 bits per heavy atom. The van der Waals surface area contributed by atoms with E-state index in [0.29, 0.717) is 29.1 Å². The molecule has 6 nitrogen and oxygen atoms in total. The van der Waals surface area contributed by atoms with Crippen LogP contribution >= 0.6 is 11.6 Å². The number of aromatic nitrogens is 3. The summed E-state index contributed by atoms with van der Waals surface area (Å²) in [7, 11) is 0. The summed E-state index contributed by atoms with van der Waals surface area (Å²) < 4.78 is 20.0. The van der Waals surface area contributed by atoms with Crippen molar-refractivity contribution in [3.63, 3.8) is 0 Å². The first-order valence-electron chi connectivity index (χ1n) is 7.53. The number of fused-ring (bicyclic) bond motifs is 1. The van der Waals surface area contributed by atoms with Crippen LogP contribution in [0.1, 0.15) is 11.4 Å². The average molecular weight is 373 g/mol. The third-order valence-electron chi connectivity index (χ3n) is 3.64. The number of halogens is 1. The summed E-state index contributed by atoms with van der Waals surface area (Å²) in [4.78, 5) is 13.6. The Hall–Kier alpha value is -2.35. The lowest BCUT2D eigenvalue weighted by Crippen LogP contribution is -2.26. The largest absolute Gasteiger partial charge is 0.588 e. The van der Waals surface area contributed by atoms with Crippen molar-refractivity contribution >= 4 is 28.9 Å². The van der Waals surface area contributed by atoms with Gasteiger partial charge in [0, 0.05) is 10.6 Å². The first kappa shape index (κ1) is 16.1. The van der Waals surface area contributed by atoms with Gasteiger partial charge in [0.25, 0.3) is 5.95 Å². The maximum Gasteiger partial charge on any atom is 0.327 e. The average Bonchev–Trinajstić information content (AvgIpc) is 2.94. The number of ether oxygens (including phenoxy) is 1. The Morgan fingerprint density at radius 3 is 2.60 bits per heavy atom. The Bertz CT molecular complexity index is 923. The van der Waals surface area contributed by atoms with Gasteiger partial charge < -0.3 is 9.29 Å². The van der Waals surface area contributed by atoms with E-state index in [1.54, 1.807) is 35.5 Å². The molecular formula is C17H13ClN4O2S. The predicted octanol–water partition coefficient (Wildman–Crippen LogP) is 3.67. The fourth-order valence-corrected chi connectivity index (χ4v) is 3.89. The number of benzene rings is 2. The van der Waals surface area contributed by atoms with E-state index in [2.05, 4.69) is 15.0 Å². The highest BCUT2D eigenvalue weighted by Crippen LogP contribution is 2.33. The molecule has 0 aliphatic carbocycles. The Morgan fingerprint density at radius 2 is 1.84 bits per heavy atom. The Labute approximate surface area is 152 Å². The molecule has 0 fully saturated rings. The van der Waals surface area contributed by atoms with Crippen LogP contribution in [0.25, 0.3) is 0 Å². The number of nitrogens with zero attached hydrogens (tertiary/aromatic N) is 4. The van der Waals surface area contributed by atoms with Crippen LogP contribution in [0.3, 0.4) is 0 Å². The lowest BCUT2D eigenvalue weighted by molar-refractivity contribution is 0.437. The normalized spacial score (nSPS) is 16.0. The summed E-state index contributed by atoms with van der Waals surface area (Å²) in [5, 5.41) is 0.616. The van der Waals surface area contributed by atoms with E-state index < -0.39 is 11.4 Å². The second kappa shape index (κ2) is 6.51. The van der Waals surface area contributed by atoms with Crippen LogP contribution in [-0.2, 0) is 17.9 Å². The highest BCUT2D eigenvalue weighted by molar-refractivity contribution is 7.93. The van der Waals surface area contributed by atoms with Crippen molar-refractivity contribution in [2.45, 2.75) is 18.4 Å². The highest BCUT2D eigenvalue weighted by atomic mass is 35.5. The Kier molecular flexibility index (Phi) is 4.20. The minimum absolute atomic E-state index is 0.151. The monoisotopic (exact) mass is 372 g/mol. The SMILES string of the molecule is Cc1nc(Oc2ccc(Cl)cc2)nc(N2Cc3ccccc3[S+]2[O-])n1. The van der Waals surface area contributed by atoms with Crippen molar-refractivity contribution < 1.29 is 9.29 Å². The van der Waals surface area contributed by atoms with Gasteiger partial charge in [0.1, 0.15) is 22.9 Å². The molecule has 1 atom stereocenters. The van der Waals surface area contributed by atoms with E-state index in [1.165, 1.54) is 0 Å². The van der Waals surface area contributed by atoms with Crippen LogP contribution in [0.5, 0.6) is 11.8 Å². The van der Waals surface area contributed by atoms with Crippen LogP contribution in [0.4, 0.5) is 5.95 Å². The van der Waals surface area contributed by atoms with E-state index in [4.69, 9.17) is 16.3 Å². The molecule has 3 aromatic rings. The Balaban J connectivity index is 1.63. The van der Waals surface area contributed by atoms with Crippen molar-refractivity contribution in [3.05, 3.63) is 64.9 Å². The minimum atomic E-state index is -1.35. The van der Waals surface area contributed by atoms with Crippen molar-refractivity contribution in [2.75, 3.05) is 4.31 Å². The lowest BCUT2D eigenvalue weighted by atomic mass is 10.2. The number of aryl methyl sites for hydroxylation is 1. The van der Waals surface area contributed by atoms with Gasteiger partial charge >= 0.3 is 6.01 Å². The molecule has 1 aromatic heterocycles. The summed E-state index contributed by atoms with van der Waals surface area (Å²) in [5.74, 6) is 1.37. The molecule has 25 heavy (non-hydrogen) atoms. The fourth-order valence-electron chi connectivity index (χ4n) is 2.49. The van der Waals surface area contributed by atoms with E-state index in [9.17, 15) is 4.55 Å². The molecule has 8 heteroatoms. The lowest BCUT2D eigenvalue weighted by Gasteiger charge is -2.16. The molecule has 0 amide bonds. The quantitative estimate of drug-likeness (QED) is 0.653. The molecule has 0 radical (unpaired) electrons. The van der Waals surface area contributed by atoms with Crippen molar-refractivity contribution in [3.8, 4) is 11.8 Å². The second-order valence-electron chi connectivity index (χ2n) is 5.41. The molecule has 0 N–H and O–H groups in total. The van der Waals surface area contributed by atoms with Crippen LogP contribution < -0.4 is 9.04 Å². The van der Waals surface area contributed by atoms with Gasteiger partial charge in [-0.25, -0.2) is 0 Å². The van der Waals surface area contributed by atoms with Gasteiger partial charge in [-0.15, -0.1) is 4.31 Å². The van der Waals surface area contributed by atoms with Crippen LogP contribution in [0, 0.1) is 6.92 Å². The smallest absolute Gasteiger partial charge is 0.327 e. The standard InChI is InChI=1S/C17H13ClN4O2S/c1-11-19-16(22-10-12-4-2-3-5-15(12)25(22)23)21-17(20-11)24-14-8-6-13(18)7-9-14/h2-9H,10H2,1H3. The van der Waals surface area contributed by atoms with Gasteiger partial charge in [-0.2, -0.15) is 15.0 Å². The highest BCUT2D eigenvalue weighted by Gasteiger charge is 2.36. The van der Waals surface area contributed by atoms with Gasteiger partial charge in [0.05, 0.1) is 6.54 Å². The maximum absolute atomic E-state index is 12.7. The molecule has 1 aliphatic rings. The predicted molar refractivity (Wildman–Crippen MR) is 95.1 cm³/mol. The van der Waals surface area contributed by atoms with E-state index in [0.717, 1.165) is 10.5 Å². The molecule has 0 saturated heterocycles. The van der Waals surface area contributed by atoms with Gasteiger partial charge in [-0.1, -0.05) is 29.8 Å². The van der Waals surface area contributed by atoms with Gasteiger partial charge in [-0.05, 0) is 37.3 Å². The van der Waals surface area contributed by atoms with Gasteiger partial charge in [-0.3, -0.25) is 0 Å². The zero-order chi connectivity index (χ0) is 17.4. The number of anilines is 1. The third-order valence-corrected chi connectivity index (χ3v) is 5.35.